The quantitative estimate of drug-likeness (QED) is 0.465. The van der Waals surface area contributed by atoms with Gasteiger partial charge < -0.3 is 26.0 Å². The molecule has 0 fully saturated rings. The lowest BCUT2D eigenvalue weighted by Gasteiger charge is -2.29. The Morgan fingerprint density at radius 3 is 2.60 bits per heavy atom. The predicted octanol–water partition coefficient (Wildman–Crippen LogP) is -1.22. The molecule has 0 aromatic heterocycles. The van der Waals surface area contributed by atoms with E-state index in [2.05, 4.69) is 10.6 Å². The highest BCUT2D eigenvalue weighted by Crippen LogP contribution is 2.19. The van der Waals surface area contributed by atoms with Crippen LogP contribution in [-0.4, -0.2) is 53.1 Å². The average Bonchev–Trinajstić information content (AvgIpc) is 2.52. The van der Waals surface area contributed by atoms with Crippen LogP contribution in [0.3, 0.4) is 0 Å². The Hall–Kier alpha value is -1.47. The van der Waals surface area contributed by atoms with E-state index in [9.17, 15) is 20.1 Å². The molecule has 0 aliphatic carbocycles. The van der Waals surface area contributed by atoms with E-state index in [-0.39, 0.29) is 5.91 Å². The predicted molar refractivity (Wildman–Crippen MR) is 73.3 cm³/mol. The maximum Gasteiger partial charge on any atom is 0.252 e. The Balaban J connectivity index is 2.25. The Bertz CT molecular complexity index is 478. The minimum absolute atomic E-state index is 0.388. The molecule has 0 unspecified atom stereocenters. The zero-order valence-electron chi connectivity index (χ0n) is 11.2. The Labute approximate surface area is 117 Å². The topological polar surface area (TPSA) is 102 Å². The van der Waals surface area contributed by atoms with Crippen molar-refractivity contribution in [2.75, 3.05) is 26.4 Å². The first-order valence-electron chi connectivity index (χ1n) is 6.62. The van der Waals surface area contributed by atoms with Crippen LogP contribution in [0.4, 0.5) is 0 Å². The highest BCUT2D eigenvalue weighted by Gasteiger charge is 2.31. The maximum absolute atomic E-state index is 12.3. The molecule has 0 atom stereocenters. The molecule has 110 valence electrons. The van der Waals surface area contributed by atoms with Crippen LogP contribution in [0.15, 0.2) is 18.2 Å². The normalized spacial score (nSPS) is 14.8. The molecule has 1 aromatic rings. The molecule has 0 saturated heterocycles. The fourth-order valence-electron chi connectivity index (χ4n) is 2.32. The van der Waals surface area contributed by atoms with Crippen LogP contribution in [0.25, 0.3) is 0 Å². The number of amides is 1. The second-order valence-corrected chi connectivity index (χ2v) is 5.08. The molecule has 1 aromatic carbocycles. The van der Waals surface area contributed by atoms with Crippen molar-refractivity contribution < 1.29 is 20.1 Å². The van der Waals surface area contributed by atoms with Gasteiger partial charge >= 0.3 is 0 Å². The van der Waals surface area contributed by atoms with Gasteiger partial charge in [0.05, 0.1) is 19.8 Å². The molecule has 5 N–H and O–H groups in total. The molecule has 0 saturated carbocycles. The van der Waals surface area contributed by atoms with E-state index >= 15 is 0 Å². The molecule has 1 aliphatic rings. The third-order valence-electron chi connectivity index (χ3n) is 3.67. The highest BCUT2D eigenvalue weighted by molar-refractivity contribution is 5.96. The van der Waals surface area contributed by atoms with E-state index in [1.165, 1.54) is 0 Å². The smallest absolute Gasteiger partial charge is 0.252 e. The van der Waals surface area contributed by atoms with Gasteiger partial charge in [0.2, 0.25) is 0 Å². The van der Waals surface area contributed by atoms with Gasteiger partial charge in [-0.15, -0.1) is 0 Å². The van der Waals surface area contributed by atoms with Gasteiger partial charge in [-0.05, 0) is 30.2 Å². The molecule has 2 rings (SSSR count). The van der Waals surface area contributed by atoms with E-state index in [0.29, 0.717) is 5.56 Å². The summed E-state index contributed by atoms with van der Waals surface area (Å²) in [5, 5.41) is 33.6. The van der Waals surface area contributed by atoms with Gasteiger partial charge in [0.15, 0.2) is 0 Å². The number of carbonyl (C=O) groups excluding carboxylic acids is 1. The molecule has 0 radical (unpaired) electrons. The van der Waals surface area contributed by atoms with Crippen molar-refractivity contribution in [1.82, 2.24) is 10.6 Å². The fourth-order valence-corrected chi connectivity index (χ4v) is 2.32. The van der Waals surface area contributed by atoms with Crippen LogP contribution in [0, 0.1) is 0 Å². The number of carbonyl (C=O) groups is 1. The molecular formula is C14H20N2O4. The Kier molecular flexibility index (Phi) is 4.72. The van der Waals surface area contributed by atoms with Crippen LogP contribution >= 0.6 is 0 Å². The molecule has 0 bridgehead atoms. The van der Waals surface area contributed by atoms with Crippen molar-refractivity contribution in [2.24, 2.45) is 0 Å². The van der Waals surface area contributed by atoms with Crippen LogP contribution in [0.5, 0.6) is 0 Å². The number of rotatable bonds is 5. The molecule has 6 heteroatoms. The maximum atomic E-state index is 12.3. The Morgan fingerprint density at radius 1 is 1.25 bits per heavy atom. The fraction of sp³-hybridized carbons (Fsp3) is 0.500. The van der Waals surface area contributed by atoms with Gasteiger partial charge in [-0.3, -0.25) is 4.79 Å². The van der Waals surface area contributed by atoms with Gasteiger partial charge in [-0.25, -0.2) is 0 Å². The van der Waals surface area contributed by atoms with Crippen molar-refractivity contribution in [3.63, 3.8) is 0 Å². The van der Waals surface area contributed by atoms with Crippen molar-refractivity contribution in [3.8, 4) is 0 Å². The van der Waals surface area contributed by atoms with Crippen molar-refractivity contribution in [2.45, 2.75) is 18.5 Å². The monoisotopic (exact) mass is 280 g/mol. The molecule has 20 heavy (non-hydrogen) atoms. The lowest BCUT2D eigenvalue weighted by atomic mass is 9.94. The zero-order valence-corrected chi connectivity index (χ0v) is 11.2. The zero-order chi connectivity index (χ0) is 14.6. The summed E-state index contributed by atoms with van der Waals surface area (Å²) in [5.74, 6) is -0.388. The van der Waals surface area contributed by atoms with Gasteiger partial charge in [0.1, 0.15) is 5.54 Å². The largest absolute Gasteiger partial charge is 0.394 e. The summed E-state index contributed by atoms with van der Waals surface area (Å²) in [4.78, 5) is 12.3. The number of nitrogens with one attached hydrogen (secondary N) is 2. The summed E-state index contributed by atoms with van der Waals surface area (Å²) in [6.07, 6.45) is 0.753. The van der Waals surface area contributed by atoms with E-state index in [4.69, 9.17) is 0 Å². The van der Waals surface area contributed by atoms with Crippen molar-refractivity contribution >= 4 is 5.91 Å². The summed E-state index contributed by atoms with van der Waals surface area (Å²) in [7, 11) is 0. The minimum Gasteiger partial charge on any atom is -0.394 e. The summed E-state index contributed by atoms with van der Waals surface area (Å²) in [6, 6.07) is 5.49. The van der Waals surface area contributed by atoms with Crippen molar-refractivity contribution in [3.05, 3.63) is 34.9 Å². The average molecular weight is 280 g/mol. The number of aliphatic hydroxyl groups excluding tert-OH is 3. The van der Waals surface area contributed by atoms with E-state index < -0.39 is 25.4 Å². The first-order chi connectivity index (χ1) is 9.65. The van der Waals surface area contributed by atoms with Gasteiger partial charge in [-0.2, -0.15) is 0 Å². The summed E-state index contributed by atoms with van der Waals surface area (Å²) in [5.41, 5.74) is 1.19. The summed E-state index contributed by atoms with van der Waals surface area (Å²) < 4.78 is 0. The standard InChI is InChI=1S/C14H20N2O4/c17-7-14(8-18,9-19)16-13(20)12-3-1-2-10-6-15-5-4-11(10)12/h1-3,15,17-19H,4-9H2,(H,16,20). The second kappa shape index (κ2) is 6.32. The van der Waals surface area contributed by atoms with Crippen LogP contribution in [0.2, 0.25) is 0 Å². The molecule has 1 amide bonds. The third kappa shape index (κ3) is 2.83. The van der Waals surface area contributed by atoms with E-state index in [1.54, 1.807) is 12.1 Å². The molecule has 1 heterocycles. The van der Waals surface area contributed by atoms with E-state index in [1.807, 2.05) is 6.07 Å². The third-order valence-corrected chi connectivity index (χ3v) is 3.67. The van der Waals surface area contributed by atoms with Gasteiger partial charge in [0, 0.05) is 12.1 Å². The lowest BCUT2D eigenvalue weighted by Crippen LogP contribution is -2.57. The second-order valence-electron chi connectivity index (χ2n) is 5.08. The number of benzene rings is 1. The first kappa shape index (κ1) is 14.9. The number of hydrogen-bond acceptors (Lipinski definition) is 5. The SMILES string of the molecule is O=C(NC(CO)(CO)CO)c1cccc2c1CCNC2. The van der Waals surface area contributed by atoms with Gasteiger partial charge in [0.25, 0.3) is 5.91 Å². The molecule has 0 spiro atoms. The Morgan fingerprint density at radius 2 is 1.95 bits per heavy atom. The van der Waals surface area contributed by atoms with E-state index in [0.717, 1.165) is 30.6 Å². The molecule has 1 aliphatic heterocycles. The number of fused-ring (bicyclic) bond motifs is 1. The summed E-state index contributed by atoms with van der Waals surface area (Å²) >= 11 is 0. The molecule has 6 nitrogen and oxygen atoms in total. The highest BCUT2D eigenvalue weighted by atomic mass is 16.3. The van der Waals surface area contributed by atoms with Crippen LogP contribution in [0.1, 0.15) is 21.5 Å². The van der Waals surface area contributed by atoms with Crippen LogP contribution < -0.4 is 10.6 Å². The minimum atomic E-state index is -1.40. The number of hydrogen-bond donors (Lipinski definition) is 5. The summed E-state index contributed by atoms with van der Waals surface area (Å²) in [6.45, 7) is -0.0447. The van der Waals surface area contributed by atoms with Gasteiger partial charge in [-0.1, -0.05) is 12.1 Å². The van der Waals surface area contributed by atoms with Crippen LogP contribution in [-0.2, 0) is 13.0 Å². The lowest BCUT2D eigenvalue weighted by molar-refractivity contribution is 0.0375. The number of aliphatic hydroxyl groups is 3. The first-order valence-corrected chi connectivity index (χ1v) is 6.62. The van der Waals surface area contributed by atoms with Crippen molar-refractivity contribution in [1.29, 1.82) is 0 Å². The molecular weight excluding hydrogens is 260 g/mol.